The third-order valence-corrected chi connectivity index (χ3v) is 13.6. The van der Waals surface area contributed by atoms with E-state index in [4.69, 9.17) is 27.4 Å². The van der Waals surface area contributed by atoms with E-state index in [2.05, 4.69) is 55.7 Å². The molecule has 0 radical (unpaired) electrons. The van der Waals surface area contributed by atoms with Crippen LogP contribution in [0.4, 0.5) is 22.7 Å². The molecule has 5 heterocycles. The molecule has 11 aromatic rings. The quantitative estimate of drug-likeness (QED) is 0.117. The number of nitrogens with zero attached hydrogens (tertiary/aromatic N) is 4. The molecule has 14 rings (SSSR count). The van der Waals surface area contributed by atoms with Gasteiger partial charge in [0.1, 0.15) is 23.1 Å². The molecule has 2 aromatic heterocycles. The van der Waals surface area contributed by atoms with Crippen LogP contribution >= 0.6 is 0 Å². The third kappa shape index (κ3) is 7.34. The number of rotatable bonds is 7. The summed E-state index contributed by atoms with van der Waals surface area (Å²) in [7, 11) is 0. The molecule has 3 aliphatic rings. The van der Waals surface area contributed by atoms with Gasteiger partial charge in [-0.25, -0.2) is 4.98 Å². The maximum absolute atomic E-state index is 9.21. The van der Waals surface area contributed by atoms with Gasteiger partial charge in [-0.15, -0.1) is 36.3 Å². The first-order valence-corrected chi connectivity index (χ1v) is 23.6. The summed E-state index contributed by atoms with van der Waals surface area (Å²) in [6, 6.07) is 45.9. The topological polar surface area (TPSA) is 52.0 Å². The second-order valence-electron chi connectivity index (χ2n) is 18.8. The Labute approximate surface area is 453 Å². The van der Waals surface area contributed by atoms with Crippen LogP contribution in [0.15, 0.2) is 206 Å². The number of aromatic nitrogens is 2. The van der Waals surface area contributed by atoms with Crippen LogP contribution in [0.1, 0.15) is 40.0 Å². The van der Waals surface area contributed by atoms with Crippen molar-refractivity contribution in [3.05, 3.63) is 231 Å². The minimum atomic E-state index is -0.583. The molecule has 9 heteroatoms. The van der Waals surface area contributed by atoms with Gasteiger partial charge in [-0.1, -0.05) is 171 Å². The number of hydrogen-bond acceptors (Lipinski definition) is 6. The normalized spacial score (nSPS) is 15.0. The molecular formula is C64H44BN4O3Pt-3. The summed E-state index contributed by atoms with van der Waals surface area (Å²) in [5.74, 6) is 3.76. The van der Waals surface area contributed by atoms with Gasteiger partial charge in [0.05, 0.1) is 13.7 Å². The van der Waals surface area contributed by atoms with Crippen LogP contribution in [0.2, 0.25) is 0 Å². The van der Waals surface area contributed by atoms with E-state index in [1.807, 2.05) is 114 Å². The van der Waals surface area contributed by atoms with Crippen molar-refractivity contribution in [3.8, 4) is 62.6 Å². The van der Waals surface area contributed by atoms with Crippen molar-refractivity contribution in [1.82, 2.24) is 9.55 Å². The van der Waals surface area contributed by atoms with Gasteiger partial charge in [0.2, 0.25) is 0 Å². The molecule has 0 unspecified atom stereocenters. The van der Waals surface area contributed by atoms with Crippen molar-refractivity contribution < 1.29 is 49.0 Å². The molecule has 3 aliphatic heterocycles. The maximum atomic E-state index is 9.21. The molecule has 0 amide bonds. The van der Waals surface area contributed by atoms with Crippen molar-refractivity contribution in [2.45, 2.75) is 26.2 Å². The minimum Gasteiger partial charge on any atom is -0.509 e. The molecule has 0 saturated carbocycles. The summed E-state index contributed by atoms with van der Waals surface area (Å²) in [5, 5.41) is 1.96. The standard InChI is InChI=1S/C64H44BN4O3.Pt/c1-64(2,3)43-34-35-66-60(36-43)69-51-26-12-10-22-48(51)49-33-32-45(39-54(49)69)70-58-37-44(38-59-62(58)65-50-25-11-15-29-55(50)71-56-30-17-31-57(72-59)61(56)65)67-40-68(53-28-14-13-27-52(53)67)63-46(41-18-6-4-7-19-41)23-16-24-47(63)42-20-8-5-9-21-42;/h4-36,38,40H,1-3H3;/q-3;/i4D,5D,6D,7D,8D,9D,18D,19D,20D,21D;. The molecule has 0 atom stereocenters. The zero-order valence-electron chi connectivity index (χ0n) is 49.3. The Hall–Kier alpha value is -8.32. The maximum Gasteiger partial charge on any atom is 0.198 e. The molecular weight excluding hydrogens is 1080 g/mol. The van der Waals surface area contributed by atoms with Gasteiger partial charge in [-0.3, -0.25) is 0 Å². The van der Waals surface area contributed by atoms with Crippen LogP contribution in [0, 0.1) is 18.8 Å². The molecule has 9 aromatic carbocycles. The number of anilines is 4. The summed E-state index contributed by atoms with van der Waals surface area (Å²) in [5.41, 5.74) is 6.78. The molecule has 7 nitrogen and oxygen atoms in total. The Bertz CT molecular complexity index is 4450. The largest absolute Gasteiger partial charge is 0.509 e. The second kappa shape index (κ2) is 17.5. The van der Waals surface area contributed by atoms with Crippen molar-refractivity contribution in [2.24, 2.45) is 0 Å². The van der Waals surface area contributed by atoms with E-state index >= 15 is 0 Å². The Morgan fingerprint density at radius 3 is 2.00 bits per heavy atom. The van der Waals surface area contributed by atoms with Crippen molar-refractivity contribution >= 4 is 67.7 Å². The first-order valence-electron chi connectivity index (χ1n) is 28.6. The van der Waals surface area contributed by atoms with Crippen molar-refractivity contribution in [3.63, 3.8) is 0 Å². The van der Waals surface area contributed by atoms with E-state index in [0.29, 0.717) is 57.0 Å². The molecule has 354 valence electrons. The summed E-state index contributed by atoms with van der Waals surface area (Å²) >= 11 is 0. The summed E-state index contributed by atoms with van der Waals surface area (Å²) < 4.78 is 112. The molecule has 0 saturated heterocycles. The number of fused-ring (bicyclic) bond motifs is 8. The summed E-state index contributed by atoms with van der Waals surface area (Å²) in [6.45, 7) is 7.81. The first-order chi connectivity index (χ1) is 39.5. The molecule has 0 bridgehead atoms. The monoisotopic (exact) mass is 1130 g/mol. The molecule has 0 aliphatic carbocycles. The van der Waals surface area contributed by atoms with E-state index < -0.39 is 67.1 Å². The van der Waals surface area contributed by atoms with Gasteiger partial charge >= 0.3 is 0 Å². The fourth-order valence-electron chi connectivity index (χ4n) is 10.3. The van der Waals surface area contributed by atoms with E-state index in [9.17, 15) is 5.48 Å². The predicted molar refractivity (Wildman–Crippen MR) is 291 cm³/mol. The molecule has 73 heavy (non-hydrogen) atoms. The number of benzene rings is 9. The van der Waals surface area contributed by atoms with Crippen LogP contribution in [-0.4, -0.2) is 16.3 Å². The zero-order valence-corrected chi connectivity index (χ0v) is 41.6. The van der Waals surface area contributed by atoms with Crippen LogP contribution in [0.25, 0.3) is 49.9 Å². The first kappa shape index (κ1) is 34.9. The average Bonchev–Trinajstić information content (AvgIpc) is 4.23. The fraction of sp³-hybridized carbons (Fsp3) is 0.0625. The molecule has 0 fully saturated rings. The Kier molecular flexibility index (Phi) is 8.35. The van der Waals surface area contributed by atoms with Crippen LogP contribution in [0.5, 0.6) is 34.5 Å². The molecule has 0 N–H and O–H groups in total. The average molecular weight is 1130 g/mol. The summed E-state index contributed by atoms with van der Waals surface area (Å²) in [6.07, 6.45) is 1.83. The van der Waals surface area contributed by atoms with Gasteiger partial charge < -0.3 is 28.6 Å². The Morgan fingerprint density at radius 1 is 0.616 bits per heavy atom. The SMILES string of the molecule is [2H]c1c([2H])c([2H])c(-c2cccc(-c3c([2H])c([2H])c([2H])c([2H])c3[2H])c2N2[CH-]N(c3[c-]c(Oc4[c-]c5c(cc4)c4ccccc4n5-c4cc(C(C)(C)C)ccn4)c4c(c3)Oc3cccc5c3B4c3ccccc3O5)c3ccccc32)c([2H])c1[2H].[Pt]. The third-order valence-electron chi connectivity index (χ3n) is 13.6. The van der Waals surface area contributed by atoms with Gasteiger partial charge in [0.25, 0.3) is 0 Å². The zero-order chi connectivity index (χ0) is 56.8. The smallest absolute Gasteiger partial charge is 0.198 e. The molecule has 0 spiro atoms. The number of ether oxygens (including phenoxy) is 3. The Morgan fingerprint density at radius 2 is 1.26 bits per heavy atom. The number of hydrogen-bond donors (Lipinski definition) is 0. The van der Waals surface area contributed by atoms with E-state index in [-0.39, 0.29) is 54.4 Å². The number of pyridine rings is 1. The van der Waals surface area contributed by atoms with Gasteiger partial charge in [0.15, 0.2) is 6.71 Å². The number of para-hydroxylation sites is 5. The van der Waals surface area contributed by atoms with E-state index in [0.717, 1.165) is 44.1 Å². The Balaban J connectivity index is 0.00000645. The predicted octanol–water partition coefficient (Wildman–Crippen LogP) is 14.3. The van der Waals surface area contributed by atoms with Crippen LogP contribution in [0.3, 0.4) is 0 Å². The second-order valence-corrected chi connectivity index (χ2v) is 18.8. The minimum absolute atomic E-state index is 0. The van der Waals surface area contributed by atoms with Crippen LogP contribution in [-0.2, 0) is 26.5 Å². The van der Waals surface area contributed by atoms with Gasteiger partial charge in [-0.2, -0.15) is 6.07 Å². The van der Waals surface area contributed by atoms with Crippen molar-refractivity contribution in [2.75, 3.05) is 9.80 Å². The van der Waals surface area contributed by atoms with Crippen LogP contribution < -0.4 is 40.4 Å². The van der Waals surface area contributed by atoms with Crippen molar-refractivity contribution in [1.29, 1.82) is 0 Å². The summed E-state index contributed by atoms with van der Waals surface area (Å²) in [4.78, 5) is 8.51. The van der Waals surface area contributed by atoms with E-state index in [1.54, 1.807) is 29.8 Å². The van der Waals surface area contributed by atoms with Gasteiger partial charge in [-0.05, 0) is 86.9 Å². The van der Waals surface area contributed by atoms with Gasteiger partial charge in [0, 0.05) is 78.2 Å². The van der Waals surface area contributed by atoms with E-state index in [1.165, 1.54) is 0 Å². The fourth-order valence-corrected chi connectivity index (χ4v) is 10.3.